The van der Waals surface area contributed by atoms with Gasteiger partial charge in [-0.3, -0.25) is 4.79 Å². The molecule has 1 rings (SSSR count). The predicted octanol–water partition coefficient (Wildman–Crippen LogP) is 2.09. The second-order valence-electron chi connectivity index (χ2n) is 3.01. The lowest BCUT2D eigenvalue weighted by atomic mass is 10.1. The second kappa shape index (κ2) is 7.76. The zero-order valence-corrected chi connectivity index (χ0v) is 8.97. The van der Waals surface area contributed by atoms with Crippen molar-refractivity contribution in [2.45, 2.75) is 13.8 Å². The monoisotopic (exact) mass is 208 g/mol. The summed E-state index contributed by atoms with van der Waals surface area (Å²) in [7, 11) is 0. The van der Waals surface area contributed by atoms with Gasteiger partial charge in [0, 0.05) is 6.92 Å². The van der Waals surface area contributed by atoms with E-state index in [4.69, 9.17) is 15.0 Å². The summed E-state index contributed by atoms with van der Waals surface area (Å²) >= 11 is 0. The molecule has 1 aromatic carbocycles. The van der Waals surface area contributed by atoms with Gasteiger partial charge in [-0.05, 0) is 12.5 Å². The van der Waals surface area contributed by atoms with E-state index in [0.717, 1.165) is 12.5 Å². The summed E-state index contributed by atoms with van der Waals surface area (Å²) in [5.41, 5.74) is 2.38. The van der Waals surface area contributed by atoms with Crippen LogP contribution in [-0.2, 0) is 4.79 Å². The number of carboxylic acids is 1. The number of aryl methyl sites for hydroxylation is 1. The molecule has 0 aliphatic rings. The Morgan fingerprint density at radius 1 is 1.33 bits per heavy atom. The Bertz CT molecular complexity index is 308. The van der Waals surface area contributed by atoms with Crippen LogP contribution in [0.3, 0.4) is 0 Å². The third-order valence-corrected chi connectivity index (χ3v) is 1.49. The Morgan fingerprint density at radius 3 is 2.20 bits per heavy atom. The van der Waals surface area contributed by atoms with E-state index in [2.05, 4.69) is 19.1 Å². The van der Waals surface area contributed by atoms with E-state index in [1.807, 2.05) is 18.2 Å². The minimum absolute atomic E-state index is 0.105. The first kappa shape index (κ1) is 13.4. The van der Waals surface area contributed by atoms with Gasteiger partial charge in [0.25, 0.3) is 5.97 Å². The first-order chi connectivity index (χ1) is 7.06. The van der Waals surface area contributed by atoms with Gasteiger partial charge in [-0.1, -0.05) is 42.0 Å². The van der Waals surface area contributed by atoms with Crippen LogP contribution >= 0.6 is 0 Å². The van der Waals surface area contributed by atoms with Gasteiger partial charge in [0.1, 0.15) is 0 Å². The Labute approximate surface area is 89.7 Å². The highest BCUT2D eigenvalue weighted by molar-refractivity contribution is 5.62. The van der Waals surface area contributed by atoms with Crippen molar-refractivity contribution in [2.24, 2.45) is 0 Å². The number of aliphatic carboxylic acids is 1. The number of carbonyl (C=O) groups is 1. The lowest BCUT2D eigenvalue weighted by Crippen LogP contribution is -1.78. The third-order valence-electron chi connectivity index (χ3n) is 1.49. The summed E-state index contributed by atoms with van der Waals surface area (Å²) in [5.74, 6) is -0.833. The van der Waals surface area contributed by atoms with Crippen molar-refractivity contribution in [2.75, 3.05) is 6.61 Å². The van der Waals surface area contributed by atoms with Gasteiger partial charge in [-0.15, -0.1) is 0 Å². The molecule has 0 unspecified atom stereocenters. The molecule has 0 fully saturated rings. The Balaban J connectivity index is 0.000000423. The molecule has 0 spiro atoms. The first-order valence-electron chi connectivity index (χ1n) is 4.60. The van der Waals surface area contributed by atoms with Crippen molar-refractivity contribution in [3.05, 3.63) is 41.5 Å². The molecule has 0 radical (unpaired) electrons. The average Bonchev–Trinajstić information content (AvgIpc) is 2.16. The molecular formula is C12H16O3. The van der Waals surface area contributed by atoms with Gasteiger partial charge in [0.05, 0.1) is 6.61 Å². The maximum atomic E-state index is 9.00. The van der Waals surface area contributed by atoms with Crippen LogP contribution in [0.2, 0.25) is 0 Å². The van der Waals surface area contributed by atoms with Crippen molar-refractivity contribution in [1.29, 1.82) is 0 Å². The van der Waals surface area contributed by atoms with E-state index >= 15 is 0 Å². The van der Waals surface area contributed by atoms with Crippen LogP contribution in [0, 0.1) is 6.92 Å². The number of hydrogen-bond acceptors (Lipinski definition) is 2. The summed E-state index contributed by atoms with van der Waals surface area (Å²) in [6.45, 7) is 3.24. The van der Waals surface area contributed by atoms with Gasteiger partial charge in [0.15, 0.2) is 0 Å². The van der Waals surface area contributed by atoms with Crippen molar-refractivity contribution < 1.29 is 15.0 Å². The van der Waals surface area contributed by atoms with Crippen molar-refractivity contribution >= 4 is 12.0 Å². The van der Waals surface area contributed by atoms with Crippen LogP contribution in [0.15, 0.2) is 30.3 Å². The summed E-state index contributed by atoms with van der Waals surface area (Å²) < 4.78 is 0. The smallest absolute Gasteiger partial charge is 0.300 e. The minimum atomic E-state index is -0.833. The zero-order chi connectivity index (χ0) is 11.7. The molecular weight excluding hydrogens is 192 g/mol. The fourth-order valence-corrected chi connectivity index (χ4v) is 0.866. The highest BCUT2D eigenvalue weighted by Gasteiger charge is 1.84. The van der Waals surface area contributed by atoms with Gasteiger partial charge in [-0.2, -0.15) is 0 Å². The van der Waals surface area contributed by atoms with Gasteiger partial charge >= 0.3 is 0 Å². The predicted molar refractivity (Wildman–Crippen MR) is 60.6 cm³/mol. The molecule has 0 saturated heterocycles. The van der Waals surface area contributed by atoms with Crippen LogP contribution < -0.4 is 0 Å². The van der Waals surface area contributed by atoms with E-state index in [-0.39, 0.29) is 6.61 Å². The topological polar surface area (TPSA) is 57.5 Å². The maximum absolute atomic E-state index is 9.00. The van der Waals surface area contributed by atoms with Crippen LogP contribution in [0.5, 0.6) is 0 Å². The fraction of sp³-hybridized carbons (Fsp3) is 0.250. The Kier molecular flexibility index (Phi) is 6.93. The Hall–Kier alpha value is -1.61. The zero-order valence-electron chi connectivity index (χ0n) is 8.97. The van der Waals surface area contributed by atoms with Crippen molar-refractivity contribution in [3.63, 3.8) is 0 Å². The van der Waals surface area contributed by atoms with Gasteiger partial charge in [-0.25, -0.2) is 0 Å². The molecule has 0 saturated carbocycles. The average molecular weight is 208 g/mol. The van der Waals surface area contributed by atoms with Crippen molar-refractivity contribution in [3.8, 4) is 0 Å². The molecule has 3 heteroatoms. The molecule has 0 aromatic heterocycles. The van der Waals surface area contributed by atoms with E-state index < -0.39 is 5.97 Å². The number of aliphatic hydroxyl groups excluding tert-OH is 1. The van der Waals surface area contributed by atoms with Crippen LogP contribution in [0.1, 0.15) is 18.1 Å². The number of rotatable bonds is 2. The van der Waals surface area contributed by atoms with E-state index in [9.17, 15) is 0 Å². The van der Waals surface area contributed by atoms with Crippen molar-refractivity contribution in [1.82, 2.24) is 0 Å². The molecule has 0 heterocycles. The van der Waals surface area contributed by atoms with Crippen LogP contribution in [-0.4, -0.2) is 22.8 Å². The maximum Gasteiger partial charge on any atom is 0.300 e. The standard InChI is InChI=1S/C10H12O.C2H4O2/c1-9-4-6-10(7-5-9)3-2-8-11;1-2(3)4/h2-7,11H,8H2,1H3;1H3,(H,3,4). The van der Waals surface area contributed by atoms with E-state index in [1.54, 1.807) is 6.08 Å². The van der Waals surface area contributed by atoms with Gasteiger partial charge in [0.2, 0.25) is 0 Å². The summed E-state index contributed by atoms with van der Waals surface area (Å²) in [5, 5.41) is 15.9. The molecule has 15 heavy (non-hydrogen) atoms. The molecule has 0 atom stereocenters. The third kappa shape index (κ3) is 8.71. The Morgan fingerprint density at radius 2 is 1.80 bits per heavy atom. The fourth-order valence-electron chi connectivity index (χ4n) is 0.866. The van der Waals surface area contributed by atoms with E-state index in [1.165, 1.54) is 5.56 Å². The highest BCUT2D eigenvalue weighted by Crippen LogP contribution is 2.04. The largest absolute Gasteiger partial charge is 0.481 e. The lowest BCUT2D eigenvalue weighted by molar-refractivity contribution is -0.134. The molecule has 82 valence electrons. The van der Waals surface area contributed by atoms with Crippen LogP contribution in [0.25, 0.3) is 6.08 Å². The molecule has 2 N–H and O–H groups in total. The molecule has 0 aliphatic heterocycles. The molecule has 0 amide bonds. The molecule has 1 aromatic rings. The van der Waals surface area contributed by atoms with Gasteiger partial charge < -0.3 is 10.2 Å². The minimum Gasteiger partial charge on any atom is -0.481 e. The number of carboxylic acid groups (broad SMARTS) is 1. The lowest BCUT2D eigenvalue weighted by Gasteiger charge is -1.93. The summed E-state index contributed by atoms with van der Waals surface area (Å²) in [4.78, 5) is 9.00. The summed E-state index contributed by atoms with van der Waals surface area (Å²) in [6, 6.07) is 8.16. The summed E-state index contributed by atoms with van der Waals surface area (Å²) in [6.07, 6.45) is 3.63. The normalized spacial score (nSPS) is 9.53. The number of hydrogen-bond donors (Lipinski definition) is 2. The molecule has 0 bridgehead atoms. The quantitative estimate of drug-likeness (QED) is 0.782. The number of aliphatic hydroxyl groups is 1. The second-order valence-corrected chi connectivity index (χ2v) is 3.01. The van der Waals surface area contributed by atoms with Crippen LogP contribution in [0.4, 0.5) is 0 Å². The SMILES string of the molecule is CC(=O)O.Cc1ccc(C=CCO)cc1. The molecule has 3 nitrogen and oxygen atoms in total. The first-order valence-corrected chi connectivity index (χ1v) is 4.60. The number of benzene rings is 1. The highest BCUT2D eigenvalue weighted by atomic mass is 16.4. The molecule has 0 aliphatic carbocycles. The van der Waals surface area contributed by atoms with E-state index in [0.29, 0.717) is 0 Å².